The summed E-state index contributed by atoms with van der Waals surface area (Å²) in [4.78, 5) is 16.4. The van der Waals surface area contributed by atoms with Crippen LogP contribution in [0.25, 0.3) is 16.5 Å². The normalized spacial score (nSPS) is 10.9. The highest BCUT2D eigenvalue weighted by atomic mass is 32.1. The van der Waals surface area contributed by atoms with Crippen LogP contribution in [0.5, 0.6) is 0 Å². The van der Waals surface area contributed by atoms with Gasteiger partial charge in [0.2, 0.25) is 0 Å². The summed E-state index contributed by atoms with van der Waals surface area (Å²) < 4.78 is 1.34. The number of hydrogen-bond acceptors (Lipinski definition) is 5. The number of nitrogens with two attached hydrogens (primary N) is 1. The van der Waals surface area contributed by atoms with Crippen molar-refractivity contribution in [3.05, 3.63) is 46.0 Å². The highest BCUT2D eigenvalue weighted by molar-refractivity contribution is 7.15. The lowest BCUT2D eigenvalue weighted by Crippen LogP contribution is -2.22. The zero-order chi connectivity index (χ0) is 12.7. The zero-order valence-electron chi connectivity index (χ0n) is 9.62. The molecule has 0 aliphatic rings. The molecule has 18 heavy (non-hydrogen) atoms. The van der Waals surface area contributed by atoms with Crippen molar-refractivity contribution in [3.63, 3.8) is 0 Å². The minimum atomic E-state index is -0.206. The number of rotatable bonds is 1. The molecule has 6 heteroatoms. The molecule has 5 nitrogen and oxygen atoms in total. The Morgan fingerprint density at radius 3 is 3.00 bits per heavy atom. The van der Waals surface area contributed by atoms with Crippen LogP contribution < -0.4 is 11.3 Å². The van der Waals surface area contributed by atoms with Gasteiger partial charge in [-0.3, -0.25) is 9.78 Å². The zero-order valence-corrected chi connectivity index (χ0v) is 10.4. The maximum absolute atomic E-state index is 12.4. The molecule has 0 fully saturated rings. The second-order valence-electron chi connectivity index (χ2n) is 3.90. The van der Waals surface area contributed by atoms with Gasteiger partial charge in [-0.2, -0.15) is 9.78 Å². The van der Waals surface area contributed by atoms with Crippen molar-refractivity contribution in [2.75, 3.05) is 5.73 Å². The number of aryl methyl sites for hydroxylation is 1. The SMILES string of the molecule is Cc1nn(-c2cccnc2)c(=O)c2c(N)scc12. The van der Waals surface area contributed by atoms with Crippen LogP contribution in [-0.4, -0.2) is 14.8 Å². The highest BCUT2D eigenvalue weighted by Crippen LogP contribution is 2.26. The first-order valence-electron chi connectivity index (χ1n) is 5.35. The van der Waals surface area contributed by atoms with Gasteiger partial charge in [-0.15, -0.1) is 11.3 Å². The van der Waals surface area contributed by atoms with Gasteiger partial charge in [0, 0.05) is 17.0 Å². The molecule has 3 heterocycles. The summed E-state index contributed by atoms with van der Waals surface area (Å²) in [5, 5.41) is 8.05. The van der Waals surface area contributed by atoms with Gasteiger partial charge in [-0.25, -0.2) is 0 Å². The van der Waals surface area contributed by atoms with E-state index in [9.17, 15) is 4.79 Å². The Labute approximate surface area is 107 Å². The number of aromatic nitrogens is 3. The number of nitrogen functional groups attached to an aromatic ring is 1. The van der Waals surface area contributed by atoms with Crippen molar-refractivity contribution in [2.24, 2.45) is 0 Å². The number of anilines is 1. The molecule has 0 atom stereocenters. The lowest BCUT2D eigenvalue weighted by atomic mass is 10.2. The molecule has 0 amide bonds. The Morgan fingerprint density at radius 1 is 1.44 bits per heavy atom. The topological polar surface area (TPSA) is 73.8 Å². The standard InChI is InChI=1S/C12H10N4OS/c1-7-9-6-18-11(13)10(9)12(17)16(15-7)8-3-2-4-14-5-8/h2-6H,13H2,1H3. The lowest BCUT2D eigenvalue weighted by Gasteiger charge is -2.06. The monoisotopic (exact) mass is 258 g/mol. The van der Waals surface area contributed by atoms with Gasteiger partial charge < -0.3 is 5.73 Å². The molecule has 0 saturated heterocycles. The minimum Gasteiger partial charge on any atom is -0.390 e. The Balaban J connectivity index is 2.42. The highest BCUT2D eigenvalue weighted by Gasteiger charge is 2.13. The van der Waals surface area contributed by atoms with Crippen molar-refractivity contribution in [2.45, 2.75) is 6.92 Å². The molecular formula is C12H10N4OS. The van der Waals surface area contributed by atoms with Gasteiger partial charge in [0.1, 0.15) is 0 Å². The second kappa shape index (κ2) is 3.92. The Morgan fingerprint density at radius 2 is 2.28 bits per heavy atom. The van der Waals surface area contributed by atoms with Gasteiger partial charge in [-0.05, 0) is 19.1 Å². The third kappa shape index (κ3) is 1.50. The van der Waals surface area contributed by atoms with E-state index < -0.39 is 0 Å². The molecule has 3 rings (SSSR count). The van der Waals surface area contributed by atoms with E-state index in [1.807, 2.05) is 12.3 Å². The Bertz CT molecular complexity index is 776. The third-order valence-corrected chi connectivity index (χ3v) is 3.57. The summed E-state index contributed by atoms with van der Waals surface area (Å²) in [6.07, 6.45) is 3.25. The van der Waals surface area contributed by atoms with Crippen molar-refractivity contribution in [1.29, 1.82) is 0 Å². The van der Waals surface area contributed by atoms with E-state index in [0.29, 0.717) is 16.1 Å². The summed E-state index contributed by atoms with van der Waals surface area (Å²) in [7, 11) is 0. The van der Waals surface area contributed by atoms with Crippen LogP contribution >= 0.6 is 11.3 Å². The summed E-state index contributed by atoms with van der Waals surface area (Å²) in [6.45, 7) is 1.86. The quantitative estimate of drug-likeness (QED) is 0.721. The van der Waals surface area contributed by atoms with E-state index in [0.717, 1.165) is 11.1 Å². The van der Waals surface area contributed by atoms with E-state index in [-0.39, 0.29) is 5.56 Å². The van der Waals surface area contributed by atoms with Crippen molar-refractivity contribution in [3.8, 4) is 5.69 Å². The minimum absolute atomic E-state index is 0.206. The van der Waals surface area contributed by atoms with Gasteiger partial charge in [0.15, 0.2) is 0 Å². The first kappa shape index (κ1) is 10.9. The Kier molecular flexibility index (Phi) is 2.38. The van der Waals surface area contributed by atoms with Gasteiger partial charge in [-0.1, -0.05) is 0 Å². The van der Waals surface area contributed by atoms with Crippen molar-refractivity contribution in [1.82, 2.24) is 14.8 Å². The van der Waals surface area contributed by atoms with E-state index in [1.165, 1.54) is 16.0 Å². The number of nitrogens with zero attached hydrogens (tertiary/aromatic N) is 3. The van der Waals surface area contributed by atoms with Crippen molar-refractivity contribution >= 4 is 27.1 Å². The first-order valence-corrected chi connectivity index (χ1v) is 6.23. The van der Waals surface area contributed by atoms with Crippen LogP contribution in [0.3, 0.4) is 0 Å². The molecule has 0 radical (unpaired) electrons. The fraction of sp³-hybridized carbons (Fsp3) is 0.0833. The Hall–Kier alpha value is -2.21. The van der Waals surface area contributed by atoms with E-state index in [4.69, 9.17) is 5.73 Å². The van der Waals surface area contributed by atoms with Crippen molar-refractivity contribution < 1.29 is 0 Å². The summed E-state index contributed by atoms with van der Waals surface area (Å²) in [5.74, 6) is 0. The van der Waals surface area contributed by atoms with Gasteiger partial charge >= 0.3 is 0 Å². The average molecular weight is 258 g/mol. The second-order valence-corrected chi connectivity index (χ2v) is 4.81. The molecule has 90 valence electrons. The van der Waals surface area contributed by atoms with Crippen LogP contribution in [0.2, 0.25) is 0 Å². The molecule has 0 spiro atoms. The molecule has 0 aliphatic heterocycles. The smallest absolute Gasteiger partial charge is 0.282 e. The maximum atomic E-state index is 12.4. The van der Waals surface area contributed by atoms with Gasteiger partial charge in [0.25, 0.3) is 5.56 Å². The lowest BCUT2D eigenvalue weighted by molar-refractivity contribution is 0.798. The maximum Gasteiger partial charge on any atom is 0.282 e. The van der Waals surface area contributed by atoms with E-state index >= 15 is 0 Å². The van der Waals surface area contributed by atoms with E-state index in [1.54, 1.807) is 24.5 Å². The summed E-state index contributed by atoms with van der Waals surface area (Å²) in [5.41, 5.74) is 7.06. The largest absolute Gasteiger partial charge is 0.390 e. The fourth-order valence-electron chi connectivity index (χ4n) is 1.87. The molecule has 3 aromatic rings. The molecule has 0 aromatic carbocycles. The fourth-order valence-corrected chi connectivity index (χ4v) is 2.72. The predicted octanol–water partition coefficient (Wildman–Crippen LogP) is 1.73. The molecule has 0 bridgehead atoms. The van der Waals surface area contributed by atoms with Crippen LogP contribution in [0, 0.1) is 6.92 Å². The predicted molar refractivity (Wildman–Crippen MR) is 72.2 cm³/mol. The number of pyridine rings is 1. The average Bonchev–Trinajstić information content (AvgIpc) is 2.78. The van der Waals surface area contributed by atoms with Crippen LogP contribution in [0.1, 0.15) is 5.69 Å². The molecule has 3 aromatic heterocycles. The van der Waals surface area contributed by atoms with Crippen LogP contribution in [0.4, 0.5) is 5.00 Å². The molecule has 0 saturated carbocycles. The molecular weight excluding hydrogens is 248 g/mol. The molecule has 0 aliphatic carbocycles. The van der Waals surface area contributed by atoms with Crippen LogP contribution in [-0.2, 0) is 0 Å². The number of fused-ring (bicyclic) bond motifs is 1. The summed E-state index contributed by atoms with van der Waals surface area (Å²) in [6, 6.07) is 3.55. The third-order valence-electron chi connectivity index (χ3n) is 2.76. The first-order chi connectivity index (χ1) is 8.68. The number of hydrogen-bond donors (Lipinski definition) is 1. The van der Waals surface area contributed by atoms with E-state index in [2.05, 4.69) is 10.1 Å². The number of thiophene rings is 1. The summed E-state index contributed by atoms with van der Waals surface area (Å²) >= 11 is 1.36. The van der Waals surface area contributed by atoms with Gasteiger partial charge in [0.05, 0.1) is 28.0 Å². The van der Waals surface area contributed by atoms with Crippen LogP contribution in [0.15, 0.2) is 34.7 Å². The molecule has 0 unspecified atom stereocenters. The molecule has 2 N–H and O–H groups in total.